The molecule has 0 saturated heterocycles. The number of amides is 1. The standard InChI is InChI=1S/C21H21N7OS2/c1-3-14-6-8-15(9-7-14)17-12-30-20(24-17)25-19(29)13(2)31-21-27-26-18(28(21)22)16-5-4-10-23-11-16/h4-13H,3,22H2,1-2H3,(H,24,25,29). The normalized spacial score (nSPS) is 11.9. The summed E-state index contributed by atoms with van der Waals surface area (Å²) in [6.07, 6.45) is 4.33. The Morgan fingerprint density at radius 3 is 2.74 bits per heavy atom. The van der Waals surface area contributed by atoms with E-state index in [0.717, 1.165) is 23.2 Å². The van der Waals surface area contributed by atoms with E-state index in [1.165, 1.54) is 33.3 Å². The van der Waals surface area contributed by atoms with Gasteiger partial charge >= 0.3 is 0 Å². The highest BCUT2D eigenvalue weighted by atomic mass is 32.2. The zero-order valence-electron chi connectivity index (χ0n) is 17.0. The number of thiazole rings is 1. The van der Waals surface area contributed by atoms with Crippen LogP contribution in [0.4, 0.5) is 5.13 Å². The summed E-state index contributed by atoms with van der Waals surface area (Å²) >= 11 is 2.62. The maximum absolute atomic E-state index is 12.7. The lowest BCUT2D eigenvalue weighted by Gasteiger charge is -2.10. The van der Waals surface area contributed by atoms with Crippen molar-refractivity contribution >= 4 is 34.1 Å². The Labute approximate surface area is 187 Å². The maximum atomic E-state index is 12.7. The van der Waals surface area contributed by atoms with Crippen LogP contribution in [0.5, 0.6) is 0 Å². The first-order chi connectivity index (χ1) is 15.0. The minimum absolute atomic E-state index is 0.182. The Bertz CT molecular complexity index is 1170. The predicted octanol–water partition coefficient (Wildman–Crippen LogP) is 3.86. The first kappa shape index (κ1) is 21.0. The van der Waals surface area contributed by atoms with Crippen LogP contribution in [0.1, 0.15) is 19.4 Å². The summed E-state index contributed by atoms with van der Waals surface area (Å²) in [6, 6.07) is 11.9. The molecule has 1 amide bonds. The van der Waals surface area contributed by atoms with E-state index < -0.39 is 5.25 Å². The number of carbonyl (C=O) groups excluding carboxylic acids is 1. The summed E-state index contributed by atoms with van der Waals surface area (Å²) < 4.78 is 1.37. The Morgan fingerprint density at radius 2 is 2.03 bits per heavy atom. The van der Waals surface area contributed by atoms with Gasteiger partial charge in [0.15, 0.2) is 11.0 Å². The van der Waals surface area contributed by atoms with Crippen LogP contribution in [-0.2, 0) is 11.2 Å². The molecule has 0 bridgehead atoms. The number of nitrogens with one attached hydrogen (secondary N) is 1. The van der Waals surface area contributed by atoms with Gasteiger partial charge in [-0.1, -0.05) is 43.0 Å². The van der Waals surface area contributed by atoms with E-state index in [2.05, 4.69) is 44.5 Å². The topological polar surface area (TPSA) is 112 Å². The molecule has 4 aromatic rings. The molecule has 0 spiro atoms. The third kappa shape index (κ3) is 4.75. The molecule has 10 heteroatoms. The van der Waals surface area contributed by atoms with Crippen molar-refractivity contribution in [1.82, 2.24) is 24.8 Å². The number of hydrogen-bond acceptors (Lipinski definition) is 8. The van der Waals surface area contributed by atoms with Gasteiger partial charge in [-0.25, -0.2) is 9.66 Å². The summed E-state index contributed by atoms with van der Waals surface area (Å²) in [6.45, 7) is 3.91. The molecule has 0 fully saturated rings. The Kier molecular flexibility index (Phi) is 6.28. The highest BCUT2D eigenvalue weighted by Crippen LogP contribution is 2.28. The minimum Gasteiger partial charge on any atom is -0.335 e. The average Bonchev–Trinajstić information content (AvgIpc) is 3.41. The second-order valence-electron chi connectivity index (χ2n) is 6.76. The van der Waals surface area contributed by atoms with E-state index in [1.54, 1.807) is 25.4 Å². The largest absolute Gasteiger partial charge is 0.335 e. The number of rotatable bonds is 7. The minimum atomic E-state index is -0.440. The maximum Gasteiger partial charge on any atom is 0.239 e. The molecule has 0 aliphatic heterocycles. The van der Waals surface area contributed by atoms with Crippen molar-refractivity contribution in [3.05, 3.63) is 59.7 Å². The summed E-state index contributed by atoms with van der Waals surface area (Å²) in [7, 11) is 0. The van der Waals surface area contributed by atoms with Gasteiger partial charge in [-0.05, 0) is 31.0 Å². The highest BCUT2D eigenvalue weighted by Gasteiger charge is 2.21. The molecule has 1 unspecified atom stereocenters. The number of nitrogens with zero attached hydrogens (tertiary/aromatic N) is 5. The van der Waals surface area contributed by atoms with Gasteiger partial charge in [-0.3, -0.25) is 9.78 Å². The Balaban J connectivity index is 1.40. The lowest BCUT2D eigenvalue weighted by Crippen LogP contribution is -2.23. The number of hydrogen-bond donors (Lipinski definition) is 2. The van der Waals surface area contributed by atoms with Crippen molar-refractivity contribution in [2.75, 3.05) is 11.2 Å². The highest BCUT2D eigenvalue weighted by molar-refractivity contribution is 8.00. The molecule has 1 aromatic carbocycles. The van der Waals surface area contributed by atoms with Crippen molar-refractivity contribution in [2.24, 2.45) is 0 Å². The van der Waals surface area contributed by atoms with Crippen LogP contribution in [0.15, 0.2) is 59.3 Å². The van der Waals surface area contributed by atoms with E-state index in [9.17, 15) is 4.79 Å². The van der Waals surface area contributed by atoms with Gasteiger partial charge in [0, 0.05) is 28.9 Å². The van der Waals surface area contributed by atoms with Crippen molar-refractivity contribution in [3.8, 4) is 22.6 Å². The van der Waals surface area contributed by atoms with Crippen LogP contribution < -0.4 is 11.2 Å². The Morgan fingerprint density at radius 1 is 1.23 bits per heavy atom. The lowest BCUT2D eigenvalue weighted by atomic mass is 10.1. The molecule has 1 atom stereocenters. The first-order valence-corrected chi connectivity index (χ1v) is 11.4. The molecule has 158 valence electrons. The van der Waals surface area contributed by atoms with Crippen molar-refractivity contribution < 1.29 is 4.79 Å². The fourth-order valence-electron chi connectivity index (χ4n) is 2.84. The quantitative estimate of drug-likeness (QED) is 0.324. The summed E-state index contributed by atoms with van der Waals surface area (Å²) in [5.41, 5.74) is 3.89. The zero-order valence-corrected chi connectivity index (χ0v) is 18.7. The molecular formula is C21H21N7OS2. The number of carbonyl (C=O) groups is 1. The van der Waals surface area contributed by atoms with Gasteiger partial charge in [0.1, 0.15) is 0 Å². The lowest BCUT2D eigenvalue weighted by molar-refractivity contribution is -0.115. The van der Waals surface area contributed by atoms with E-state index in [0.29, 0.717) is 16.1 Å². The number of thioether (sulfide) groups is 1. The number of aromatic nitrogens is 5. The predicted molar refractivity (Wildman–Crippen MR) is 124 cm³/mol. The van der Waals surface area contributed by atoms with Gasteiger partial charge < -0.3 is 11.2 Å². The molecule has 0 saturated carbocycles. The third-order valence-electron chi connectivity index (χ3n) is 4.63. The average molecular weight is 452 g/mol. The van der Waals surface area contributed by atoms with Gasteiger partial charge in [-0.15, -0.1) is 21.5 Å². The third-order valence-corrected chi connectivity index (χ3v) is 6.44. The van der Waals surface area contributed by atoms with Gasteiger partial charge in [-0.2, -0.15) is 0 Å². The molecule has 4 rings (SSSR count). The first-order valence-electron chi connectivity index (χ1n) is 9.68. The van der Waals surface area contributed by atoms with Crippen molar-refractivity contribution in [2.45, 2.75) is 30.7 Å². The zero-order chi connectivity index (χ0) is 21.8. The van der Waals surface area contributed by atoms with Gasteiger partial charge in [0.2, 0.25) is 11.1 Å². The van der Waals surface area contributed by atoms with Gasteiger partial charge in [0.05, 0.1) is 10.9 Å². The van der Waals surface area contributed by atoms with E-state index in [4.69, 9.17) is 5.84 Å². The summed E-state index contributed by atoms with van der Waals surface area (Å²) in [5, 5.41) is 13.6. The summed E-state index contributed by atoms with van der Waals surface area (Å²) in [4.78, 5) is 21.3. The van der Waals surface area contributed by atoms with Crippen LogP contribution in [-0.4, -0.2) is 36.0 Å². The van der Waals surface area contributed by atoms with E-state index in [1.807, 2.05) is 23.6 Å². The molecule has 3 aromatic heterocycles. The summed E-state index contributed by atoms with van der Waals surface area (Å²) in [5.74, 6) is 6.43. The molecule has 0 aliphatic carbocycles. The van der Waals surface area contributed by atoms with Crippen LogP contribution in [0.2, 0.25) is 0 Å². The SMILES string of the molecule is CCc1ccc(-c2csc(NC(=O)C(C)Sc3nnc(-c4cccnc4)n3N)n2)cc1. The second-order valence-corrected chi connectivity index (χ2v) is 8.92. The van der Waals surface area contributed by atoms with Crippen LogP contribution in [0, 0.1) is 0 Å². The van der Waals surface area contributed by atoms with Crippen LogP contribution in [0.3, 0.4) is 0 Å². The van der Waals surface area contributed by atoms with Crippen molar-refractivity contribution in [1.29, 1.82) is 0 Å². The molecule has 8 nitrogen and oxygen atoms in total. The number of benzene rings is 1. The second kappa shape index (κ2) is 9.27. The number of pyridine rings is 1. The van der Waals surface area contributed by atoms with E-state index in [-0.39, 0.29) is 5.91 Å². The molecule has 0 aliphatic rings. The molecular weight excluding hydrogens is 430 g/mol. The molecule has 3 N–H and O–H groups in total. The van der Waals surface area contributed by atoms with Crippen molar-refractivity contribution in [3.63, 3.8) is 0 Å². The number of anilines is 1. The van der Waals surface area contributed by atoms with Crippen LogP contribution in [0.25, 0.3) is 22.6 Å². The number of nitrogen functional groups attached to an aromatic ring is 1. The van der Waals surface area contributed by atoms with Crippen LogP contribution >= 0.6 is 23.1 Å². The molecule has 3 heterocycles. The van der Waals surface area contributed by atoms with E-state index >= 15 is 0 Å². The number of aryl methyl sites for hydroxylation is 1. The number of nitrogens with two attached hydrogens (primary N) is 1. The van der Waals surface area contributed by atoms with Gasteiger partial charge in [0.25, 0.3) is 0 Å². The smallest absolute Gasteiger partial charge is 0.239 e. The molecule has 0 radical (unpaired) electrons. The Hall–Kier alpha value is -3.24. The fraction of sp³-hybridized carbons (Fsp3) is 0.190. The molecule has 31 heavy (non-hydrogen) atoms. The monoisotopic (exact) mass is 451 g/mol. The fourth-order valence-corrected chi connectivity index (χ4v) is 4.34.